The van der Waals surface area contributed by atoms with Gasteiger partial charge in [-0.05, 0) is 64.2 Å². The van der Waals surface area contributed by atoms with Gasteiger partial charge in [-0.25, -0.2) is 0 Å². The van der Waals surface area contributed by atoms with Crippen LogP contribution in [-0.4, -0.2) is 22.8 Å². The van der Waals surface area contributed by atoms with E-state index in [1.807, 2.05) is 6.55 Å². The Balaban J connectivity index is 2.84. The lowest BCUT2D eigenvalue weighted by atomic mass is 10.0. The summed E-state index contributed by atoms with van der Waals surface area (Å²) in [5.74, 6) is 0.104. The zero-order chi connectivity index (χ0) is 13.9. The molecule has 0 aromatic heterocycles. The van der Waals surface area contributed by atoms with Crippen LogP contribution in [0.4, 0.5) is 0 Å². The molecule has 1 atom stereocenters. The van der Waals surface area contributed by atoms with Crippen LogP contribution in [0.1, 0.15) is 6.42 Å². The van der Waals surface area contributed by atoms with Crippen LogP contribution in [-0.2, 0) is 8.85 Å². The fraction of sp³-hybridized carbons (Fsp3) is 0.545. The lowest BCUT2D eigenvalue weighted by Gasteiger charge is -2.24. The highest BCUT2D eigenvalue weighted by Gasteiger charge is 2.35. The van der Waals surface area contributed by atoms with E-state index in [1.165, 1.54) is 0 Å². The average Bonchev–Trinajstić information content (AvgIpc) is 2.59. The Labute approximate surface area is 141 Å². The summed E-state index contributed by atoms with van der Waals surface area (Å²) in [7, 11) is 1.28. The fourth-order valence-electron chi connectivity index (χ4n) is 1.75. The van der Waals surface area contributed by atoms with Crippen molar-refractivity contribution in [3.63, 3.8) is 0 Å². The molecule has 0 aromatic rings. The minimum Gasteiger partial charge on any atom is -0.398 e. The predicted molar refractivity (Wildman–Crippen MR) is 92.1 cm³/mol. The van der Waals surface area contributed by atoms with E-state index in [4.69, 9.17) is 20.5 Å². The molecule has 1 unspecified atom stereocenters. The molecule has 0 saturated heterocycles. The molecule has 0 aromatic carbocycles. The third kappa shape index (κ3) is 3.49. The number of hydrogen-bond donors (Lipinski definition) is 0. The van der Waals surface area contributed by atoms with E-state index in [0.717, 1.165) is 19.6 Å². The Kier molecular flexibility index (Phi) is 6.61. The monoisotopic (exact) mass is 509 g/mol. The highest BCUT2D eigenvalue weighted by atomic mass is 127. The molecule has 0 spiro atoms. The fourth-order valence-corrected chi connectivity index (χ4v) is 5.13. The van der Waals surface area contributed by atoms with Gasteiger partial charge in [0.2, 0.25) is 0 Å². The van der Waals surface area contributed by atoms with Crippen LogP contribution in [0.15, 0.2) is 17.8 Å². The molecule has 0 N–H and O–H groups in total. The Morgan fingerprint density at radius 3 is 2.39 bits per heavy atom. The minimum atomic E-state index is -2.08. The summed E-state index contributed by atoms with van der Waals surface area (Å²) in [6.45, 7) is 2.03. The van der Waals surface area contributed by atoms with Crippen LogP contribution >= 0.6 is 56.8 Å². The number of allylic oxidation sites excluding steroid dienone is 4. The van der Waals surface area contributed by atoms with Crippen LogP contribution < -0.4 is 0 Å². The first-order valence-corrected chi connectivity index (χ1v) is 10.4. The summed E-state index contributed by atoms with van der Waals surface area (Å²) < 4.78 is 13.1. The Morgan fingerprint density at radius 2 is 1.94 bits per heavy atom. The average molecular weight is 510 g/mol. The number of rotatable bonds is 5. The Bertz CT molecular complexity index is 441. The van der Waals surface area contributed by atoms with Gasteiger partial charge in [-0.1, -0.05) is 11.6 Å². The van der Waals surface area contributed by atoms with Crippen molar-refractivity contribution < 1.29 is 8.85 Å². The summed E-state index contributed by atoms with van der Waals surface area (Å²) in [6.07, 6.45) is 0.842. The molecular weight excluding hydrogens is 495 g/mol. The van der Waals surface area contributed by atoms with Gasteiger partial charge in [0.25, 0.3) is 0 Å². The third-order valence-corrected chi connectivity index (χ3v) is 10.2. The molecule has 18 heavy (non-hydrogen) atoms. The van der Waals surface area contributed by atoms with Gasteiger partial charge in [0.05, 0.1) is 16.7 Å². The second kappa shape index (κ2) is 7.03. The second-order valence-corrected chi connectivity index (χ2v) is 10.3. The molecule has 0 heterocycles. The van der Waals surface area contributed by atoms with Crippen molar-refractivity contribution in [3.8, 4) is 6.07 Å². The maximum absolute atomic E-state index is 9.21. The molecule has 0 fully saturated rings. The molecule has 0 bridgehead atoms. The van der Waals surface area contributed by atoms with Gasteiger partial charge in [-0.2, -0.15) is 5.26 Å². The van der Waals surface area contributed by atoms with E-state index in [1.54, 1.807) is 14.2 Å². The molecule has 1 rings (SSSR count). The van der Waals surface area contributed by atoms with Crippen molar-refractivity contribution in [1.29, 1.82) is 5.26 Å². The molecule has 7 heteroatoms. The molecule has 3 nitrogen and oxygen atoms in total. The van der Waals surface area contributed by atoms with Gasteiger partial charge in [-0.15, -0.1) is 0 Å². The van der Waals surface area contributed by atoms with Crippen molar-refractivity contribution in [3.05, 3.63) is 17.8 Å². The van der Waals surface area contributed by atoms with Gasteiger partial charge in [-0.3, -0.25) is 0 Å². The van der Waals surface area contributed by atoms with E-state index in [9.17, 15) is 5.26 Å². The quantitative estimate of drug-likeness (QED) is 0.406. The topological polar surface area (TPSA) is 42.2 Å². The lowest BCUT2D eigenvalue weighted by Crippen LogP contribution is -2.36. The number of halogens is 3. The second-order valence-electron chi connectivity index (χ2n) is 4.13. The molecule has 1 aliphatic carbocycles. The number of hydrogen-bond acceptors (Lipinski definition) is 3. The summed E-state index contributed by atoms with van der Waals surface area (Å²) >= 11 is 10.6. The zero-order valence-electron chi connectivity index (χ0n) is 10.4. The van der Waals surface area contributed by atoms with E-state index < -0.39 is 8.56 Å². The molecule has 0 aliphatic heterocycles. The van der Waals surface area contributed by atoms with E-state index >= 15 is 0 Å². The molecule has 0 amide bonds. The SMILES string of the molecule is CO[Si](C)(CCC1C(I)=C(I)C(Cl)=C1C#N)OC. The van der Waals surface area contributed by atoms with Crippen molar-refractivity contribution in [2.45, 2.75) is 19.0 Å². The predicted octanol–water partition coefficient (Wildman–Crippen LogP) is 4.47. The highest BCUT2D eigenvalue weighted by molar-refractivity contribution is 14.1. The smallest absolute Gasteiger partial charge is 0.334 e. The lowest BCUT2D eigenvalue weighted by molar-refractivity contribution is 0.247. The van der Waals surface area contributed by atoms with Crippen molar-refractivity contribution in [1.82, 2.24) is 0 Å². The maximum atomic E-state index is 9.21. The first-order chi connectivity index (χ1) is 8.40. The largest absolute Gasteiger partial charge is 0.398 e. The van der Waals surface area contributed by atoms with E-state index in [-0.39, 0.29) is 5.92 Å². The Hall–Kier alpha value is 0.857. The first-order valence-electron chi connectivity index (χ1n) is 5.35. The standard InChI is InChI=1S/C11H14ClI2NO2Si/c1-16-18(3,17-2)5-4-7-8(6-15)9(12)11(14)10(7)13/h7H,4-5H2,1-3H3. The summed E-state index contributed by atoms with van der Waals surface area (Å²) in [5.41, 5.74) is 0.675. The molecule has 1 aliphatic rings. The van der Waals surface area contributed by atoms with E-state index in [0.29, 0.717) is 10.6 Å². The van der Waals surface area contributed by atoms with Crippen molar-refractivity contribution in [2.24, 2.45) is 5.92 Å². The maximum Gasteiger partial charge on any atom is 0.334 e. The van der Waals surface area contributed by atoms with Crippen LogP contribution in [0.3, 0.4) is 0 Å². The third-order valence-electron chi connectivity index (χ3n) is 3.16. The van der Waals surface area contributed by atoms with Crippen LogP contribution in [0, 0.1) is 17.2 Å². The van der Waals surface area contributed by atoms with Crippen molar-refractivity contribution >= 4 is 65.3 Å². The molecule has 0 saturated carbocycles. The zero-order valence-corrected chi connectivity index (χ0v) is 16.5. The van der Waals surface area contributed by atoms with Gasteiger partial charge in [0.1, 0.15) is 0 Å². The molecule has 100 valence electrons. The van der Waals surface area contributed by atoms with Crippen LogP contribution in [0.2, 0.25) is 12.6 Å². The van der Waals surface area contributed by atoms with Gasteiger partial charge in [0, 0.05) is 27.3 Å². The van der Waals surface area contributed by atoms with Crippen LogP contribution in [0.5, 0.6) is 0 Å². The number of nitrogens with zero attached hydrogens (tertiary/aromatic N) is 1. The summed E-state index contributed by atoms with van der Waals surface area (Å²) in [5, 5.41) is 9.81. The Morgan fingerprint density at radius 1 is 1.39 bits per heavy atom. The molecule has 0 radical (unpaired) electrons. The number of nitriles is 1. The van der Waals surface area contributed by atoms with E-state index in [2.05, 4.69) is 51.3 Å². The summed E-state index contributed by atoms with van der Waals surface area (Å²) in [6, 6.07) is 3.07. The normalized spacial score (nSPS) is 20.6. The van der Waals surface area contributed by atoms with Crippen LogP contribution in [0.25, 0.3) is 0 Å². The highest BCUT2D eigenvalue weighted by Crippen LogP contribution is 2.47. The summed E-state index contributed by atoms with van der Waals surface area (Å²) in [4.78, 5) is 0. The van der Waals surface area contributed by atoms with Gasteiger partial charge < -0.3 is 8.85 Å². The van der Waals surface area contributed by atoms with Gasteiger partial charge in [0.15, 0.2) is 0 Å². The van der Waals surface area contributed by atoms with Gasteiger partial charge >= 0.3 is 8.56 Å². The molecular formula is C11H14ClI2NO2Si. The first kappa shape index (κ1) is 16.9. The van der Waals surface area contributed by atoms with Crippen molar-refractivity contribution in [2.75, 3.05) is 14.2 Å². The minimum absolute atomic E-state index is 0.104.